The molecule has 0 fully saturated rings. The van der Waals surface area contributed by atoms with Gasteiger partial charge in [0.2, 0.25) is 5.91 Å². The first-order valence-corrected chi connectivity index (χ1v) is 5.16. The van der Waals surface area contributed by atoms with E-state index in [-0.39, 0.29) is 11.9 Å². The van der Waals surface area contributed by atoms with Crippen LogP contribution in [0.5, 0.6) is 0 Å². The molecule has 0 aliphatic carbocycles. The first kappa shape index (κ1) is 12.0. The molecule has 0 aliphatic rings. The van der Waals surface area contributed by atoms with Crippen LogP contribution in [0, 0.1) is 6.92 Å². The molecular weight excluding hydrogens is 212 g/mol. The molecule has 1 aromatic carbocycles. The van der Waals surface area contributed by atoms with Crippen molar-refractivity contribution in [2.75, 3.05) is 0 Å². The third-order valence-corrected chi connectivity index (χ3v) is 2.59. The maximum atomic E-state index is 10.8. The zero-order valence-corrected chi connectivity index (χ0v) is 9.64. The highest BCUT2D eigenvalue weighted by atomic mass is 35.5. The minimum atomic E-state index is -0.363. The van der Waals surface area contributed by atoms with E-state index in [1.54, 1.807) is 6.92 Å². The molecule has 0 saturated heterocycles. The molecule has 1 unspecified atom stereocenters. The van der Waals surface area contributed by atoms with Crippen LogP contribution >= 0.6 is 11.6 Å². The van der Waals surface area contributed by atoms with Gasteiger partial charge in [0.05, 0.1) is 6.04 Å². The van der Waals surface area contributed by atoms with E-state index >= 15 is 0 Å². The topological polar surface area (TPSA) is 55.1 Å². The van der Waals surface area contributed by atoms with E-state index in [1.165, 1.54) is 0 Å². The van der Waals surface area contributed by atoms with E-state index in [4.69, 9.17) is 17.3 Å². The Morgan fingerprint density at radius 3 is 2.80 bits per heavy atom. The lowest BCUT2D eigenvalue weighted by Gasteiger charge is -2.11. The van der Waals surface area contributed by atoms with Crippen molar-refractivity contribution in [1.82, 2.24) is 5.32 Å². The molecule has 0 bridgehead atoms. The van der Waals surface area contributed by atoms with Crippen LogP contribution in [0.2, 0.25) is 5.02 Å². The predicted octanol–water partition coefficient (Wildman–Crippen LogP) is 1.61. The molecular formula is C11H15ClN2O. The molecule has 4 heteroatoms. The van der Waals surface area contributed by atoms with Gasteiger partial charge in [0.25, 0.3) is 0 Å². The lowest BCUT2D eigenvalue weighted by molar-refractivity contribution is -0.119. The van der Waals surface area contributed by atoms with Gasteiger partial charge in [-0.3, -0.25) is 4.79 Å². The quantitative estimate of drug-likeness (QED) is 0.820. The van der Waals surface area contributed by atoms with Gasteiger partial charge in [-0.1, -0.05) is 23.7 Å². The van der Waals surface area contributed by atoms with Crippen molar-refractivity contribution in [2.45, 2.75) is 26.4 Å². The summed E-state index contributed by atoms with van der Waals surface area (Å²) in [5.41, 5.74) is 7.21. The summed E-state index contributed by atoms with van der Waals surface area (Å²) in [4.78, 5) is 10.8. The van der Waals surface area contributed by atoms with Crippen LogP contribution in [-0.2, 0) is 11.3 Å². The number of hydrogen-bond acceptors (Lipinski definition) is 2. The molecule has 0 heterocycles. The second kappa shape index (κ2) is 5.14. The molecule has 1 aromatic rings. The Balaban J connectivity index is 2.62. The average molecular weight is 227 g/mol. The van der Waals surface area contributed by atoms with Crippen molar-refractivity contribution in [2.24, 2.45) is 5.73 Å². The number of carbonyl (C=O) groups is 1. The summed E-state index contributed by atoms with van der Waals surface area (Å²) in [7, 11) is 0. The highest BCUT2D eigenvalue weighted by Crippen LogP contribution is 2.17. The number of aryl methyl sites for hydroxylation is 1. The van der Waals surface area contributed by atoms with Crippen LogP contribution in [0.3, 0.4) is 0 Å². The number of rotatable bonds is 4. The number of benzene rings is 1. The van der Waals surface area contributed by atoms with Crippen LogP contribution in [0.4, 0.5) is 0 Å². The van der Waals surface area contributed by atoms with Gasteiger partial charge in [-0.15, -0.1) is 0 Å². The summed E-state index contributed by atoms with van der Waals surface area (Å²) in [6.45, 7) is 4.25. The predicted molar refractivity (Wildman–Crippen MR) is 61.7 cm³/mol. The standard InChI is InChI=1S/C11H15ClN2O/c1-7-3-4-9(10(12)5-7)6-14-8(2)11(13)15/h3-5,8,14H,6H2,1-2H3,(H2,13,15). The van der Waals surface area contributed by atoms with Crippen molar-refractivity contribution < 1.29 is 4.79 Å². The lowest BCUT2D eigenvalue weighted by atomic mass is 10.1. The highest BCUT2D eigenvalue weighted by molar-refractivity contribution is 6.31. The molecule has 0 spiro atoms. The molecule has 1 atom stereocenters. The summed E-state index contributed by atoms with van der Waals surface area (Å²) < 4.78 is 0. The highest BCUT2D eigenvalue weighted by Gasteiger charge is 2.08. The molecule has 0 saturated carbocycles. The maximum absolute atomic E-state index is 10.8. The van der Waals surface area contributed by atoms with Gasteiger partial charge in [-0.2, -0.15) is 0 Å². The van der Waals surface area contributed by atoms with Gasteiger partial charge in [-0.05, 0) is 31.0 Å². The fraction of sp³-hybridized carbons (Fsp3) is 0.364. The fourth-order valence-corrected chi connectivity index (χ4v) is 1.46. The summed E-state index contributed by atoms with van der Waals surface area (Å²) >= 11 is 6.04. The zero-order valence-electron chi connectivity index (χ0n) is 8.88. The van der Waals surface area contributed by atoms with E-state index in [9.17, 15) is 4.79 Å². The largest absolute Gasteiger partial charge is 0.368 e. The van der Waals surface area contributed by atoms with Gasteiger partial charge in [0.1, 0.15) is 0 Å². The number of hydrogen-bond donors (Lipinski definition) is 2. The third kappa shape index (κ3) is 3.53. The normalized spacial score (nSPS) is 12.5. The van der Waals surface area contributed by atoms with E-state index in [1.807, 2.05) is 25.1 Å². The van der Waals surface area contributed by atoms with Gasteiger partial charge in [0.15, 0.2) is 0 Å². The van der Waals surface area contributed by atoms with E-state index in [0.717, 1.165) is 11.1 Å². The lowest BCUT2D eigenvalue weighted by Crippen LogP contribution is -2.38. The van der Waals surface area contributed by atoms with E-state index in [2.05, 4.69) is 5.32 Å². The molecule has 0 aliphatic heterocycles. The van der Waals surface area contributed by atoms with Crippen molar-refractivity contribution >= 4 is 17.5 Å². The molecule has 82 valence electrons. The molecule has 0 aromatic heterocycles. The van der Waals surface area contributed by atoms with Gasteiger partial charge >= 0.3 is 0 Å². The Labute approximate surface area is 94.6 Å². The van der Waals surface area contributed by atoms with Gasteiger partial charge in [0, 0.05) is 11.6 Å². The Morgan fingerprint density at radius 1 is 1.60 bits per heavy atom. The molecule has 3 nitrogen and oxygen atoms in total. The Bertz CT molecular complexity index is 366. The van der Waals surface area contributed by atoms with Crippen LogP contribution in [0.25, 0.3) is 0 Å². The maximum Gasteiger partial charge on any atom is 0.234 e. The van der Waals surface area contributed by atoms with E-state index < -0.39 is 0 Å². The van der Waals surface area contributed by atoms with Gasteiger partial charge < -0.3 is 11.1 Å². The fourth-order valence-electron chi connectivity index (χ4n) is 1.16. The number of amides is 1. The van der Waals surface area contributed by atoms with Crippen LogP contribution < -0.4 is 11.1 Å². The second-order valence-corrected chi connectivity index (χ2v) is 4.01. The van der Waals surface area contributed by atoms with Crippen LogP contribution in [0.15, 0.2) is 18.2 Å². The Morgan fingerprint density at radius 2 is 2.27 bits per heavy atom. The van der Waals surface area contributed by atoms with E-state index in [0.29, 0.717) is 11.6 Å². The second-order valence-electron chi connectivity index (χ2n) is 3.60. The summed E-state index contributed by atoms with van der Waals surface area (Å²) in [5, 5.41) is 3.71. The van der Waals surface area contributed by atoms with Crippen LogP contribution in [0.1, 0.15) is 18.1 Å². The number of halogens is 1. The Kier molecular flexibility index (Phi) is 4.12. The van der Waals surface area contributed by atoms with Crippen molar-refractivity contribution in [3.8, 4) is 0 Å². The minimum absolute atomic E-state index is 0.345. The number of nitrogens with two attached hydrogens (primary N) is 1. The number of carbonyl (C=O) groups excluding carboxylic acids is 1. The smallest absolute Gasteiger partial charge is 0.234 e. The third-order valence-electron chi connectivity index (χ3n) is 2.23. The van der Waals surface area contributed by atoms with Crippen LogP contribution in [-0.4, -0.2) is 11.9 Å². The molecule has 1 rings (SSSR count). The molecule has 15 heavy (non-hydrogen) atoms. The van der Waals surface area contributed by atoms with Gasteiger partial charge in [-0.25, -0.2) is 0 Å². The molecule has 1 amide bonds. The zero-order chi connectivity index (χ0) is 11.4. The first-order chi connectivity index (χ1) is 7.00. The number of nitrogens with one attached hydrogen (secondary N) is 1. The van der Waals surface area contributed by atoms with Crippen molar-refractivity contribution in [1.29, 1.82) is 0 Å². The van der Waals surface area contributed by atoms with Crippen molar-refractivity contribution in [3.05, 3.63) is 34.3 Å². The monoisotopic (exact) mass is 226 g/mol. The average Bonchev–Trinajstić information content (AvgIpc) is 2.15. The molecule has 0 radical (unpaired) electrons. The number of primary amides is 1. The minimum Gasteiger partial charge on any atom is -0.368 e. The first-order valence-electron chi connectivity index (χ1n) is 4.78. The summed E-state index contributed by atoms with van der Waals surface area (Å²) in [6, 6.07) is 5.48. The Hall–Kier alpha value is -1.06. The molecule has 3 N–H and O–H groups in total. The SMILES string of the molecule is Cc1ccc(CNC(C)C(N)=O)c(Cl)c1. The summed E-state index contributed by atoms with van der Waals surface area (Å²) in [5.74, 6) is -0.363. The summed E-state index contributed by atoms with van der Waals surface area (Å²) in [6.07, 6.45) is 0. The van der Waals surface area contributed by atoms with Crippen molar-refractivity contribution in [3.63, 3.8) is 0 Å².